The number of rotatable bonds is 5. The summed E-state index contributed by atoms with van der Waals surface area (Å²) in [6.45, 7) is 5.75. The maximum absolute atomic E-state index is 12.4. The van der Waals surface area contributed by atoms with Crippen molar-refractivity contribution in [2.24, 2.45) is 5.92 Å². The van der Waals surface area contributed by atoms with E-state index >= 15 is 0 Å². The van der Waals surface area contributed by atoms with Crippen molar-refractivity contribution in [1.82, 2.24) is 15.1 Å². The molecule has 0 aromatic heterocycles. The molecule has 5 heteroatoms. The van der Waals surface area contributed by atoms with Gasteiger partial charge in [-0.25, -0.2) is 0 Å². The Morgan fingerprint density at radius 3 is 2.73 bits per heavy atom. The van der Waals surface area contributed by atoms with Gasteiger partial charge in [-0.05, 0) is 38.8 Å². The minimum Gasteiger partial charge on any atom is -0.354 e. The lowest BCUT2D eigenvalue weighted by Gasteiger charge is -2.25. The van der Waals surface area contributed by atoms with Gasteiger partial charge in [-0.2, -0.15) is 0 Å². The van der Waals surface area contributed by atoms with Crippen LogP contribution in [0.3, 0.4) is 0 Å². The Morgan fingerprint density at radius 2 is 2.00 bits per heavy atom. The monoisotopic (exact) mass is 307 g/mol. The number of likely N-dealkylation sites (N-methyl/N-ethyl adjacent to an activating group) is 1. The zero-order chi connectivity index (χ0) is 15.5. The number of nitrogens with zero attached hydrogens (tertiary/aromatic N) is 2. The predicted octanol–water partition coefficient (Wildman–Crippen LogP) is 1.38. The molecule has 0 unspecified atom stereocenters. The van der Waals surface area contributed by atoms with Crippen LogP contribution < -0.4 is 5.32 Å². The number of likely N-dealkylation sites (tertiary alicyclic amines) is 2. The number of amides is 2. The lowest BCUT2D eigenvalue weighted by molar-refractivity contribution is -0.130. The Morgan fingerprint density at radius 1 is 1.23 bits per heavy atom. The van der Waals surface area contributed by atoms with Gasteiger partial charge in [0, 0.05) is 31.6 Å². The Bertz CT molecular complexity index is 420. The molecule has 22 heavy (non-hydrogen) atoms. The van der Waals surface area contributed by atoms with Crippen molar-refractivity contribution in [2.75, 3.05) is 26.2 Å². The van der Waals surface area contributed by atoms with Crippen LogP contribution in [0.5, 0.6) is 0 Å². The van der Waals surface area contributed by atoms with E-state index in [0.717, 1.165) is 32.5 Å². The molecule has 0 spiro atoms. The fourth-order valence-electron chi connectivity index (χ4n) is 4.38. The molecule has 1 aliphatic carbocycles. The first-order chi connectivity index (χ1) is 10.7. The molecular formula is C17H29N3O2. The molecule has 2 saturated heterocycles. The number of carbonyl (C=O) groups excluding carboxylic acids is 2. The zero-order valence-corrected chi connectivity index (χ0v) is 13.7. The average Bonchev–Trinajstić information content (AvgIpc) is 3.24. The first-order valence-corrected chi connectivity index (χ1v) is 9.00. The predicted molar refractivity (Wildman–Crippen MR) is 85.4 cm³/mol. The molecule has 3 aliphatic rings. The van der Waals surface area contributed by atoms with E-state index in [4.69, 9.17) is 0 Å². The van der Waals surface area contributed by atoms with E-state index in [0.29, 0.717) is 25.0 Å². The van der Waals surface area contributed by atoms with Crippen LogP contribution in [0.2, 0.25) is 0 Å². The molecular weight excluding hydrogens is 278 g/mol. The highest BCUT2D eigenvalue weighted by molar-refractivity contribution is 5.89. The van der Waals surface area contributed by atoms with Crippen LogP contribution in [0.1, 0.15) is 51.9 Å². The van der Waals surface area contributed by atoms with Crippen LogP contribution in [0, 0.1) is 5.92 Å². The van der Waals surface area contributed by atoms with Crippen LogP contribution >= 0.6 is 0 Å². The third-order valence-corrected chi connectivity index (χ3v) is 5.71. The number of hydrogen-bond acceptors (Lipinski definition) is 3. The summed E-state index contributed by atoms with van der Waals surface area (Å²) in [7, 11) is 0. The Labute approximate surface area is 133 Å². The number of hydrogen-bond donors (Lipinski definition) is 1. The second kappa shape index (κ2) is 6.99. The molecule has 2 aliphatic heterocycles. The molecule has 0 radical (unpaired) electrons. The van der Waals surface area contributed by atoms with Crippen molar-refractivity contribution < 1.29 is 9.59 Å². The van der Waals surface area contributed by atoms with Crippen LogP contribution in [-0.2, 0) is 9.59 Å². The van der Waals surface area contributed by atoms with Gasteiger partial charge >= 0.3 is 0 Å². The smallest absolute Gasteiger partial charge is 0.225 e. The molecule has 0 aromatic rings. The summed E-state index contributed by atoms with van der Waals surface area (Å²) < 4.78 is 0. The summed E-state index contributed by atoms with van der Waals surface area (Å²) >= 11 is 0. The van der Waals surface area contributed by atoms with Crippen molar-refractivity contribution in [3.63, 3.8) is 0 Å². The summed E-state index contributed by atoms with van der Waals surface area (Å²) in [6.07, 6.45) is 7.49. The van der Waals surface area contributed by atoms with Gasteiger partial charge in [0.15, 0.2) is 0 Å². The summed E-state index contributed by atoms with van der Waals surface area (Å²) in [5.41, 5.74) is 0. The van der Waals surface area contributed by atoms with Gasteiger partial charge in [0.2, 0.25) is 11.8 Å². The van der Waals surface area contributed by atoms with Crippen molar-refractivity contribution in [3.8, 4) is 0 Å². The second-order valence-electron chi connectivity index (χ2n) is 7.06. The normalized spacial score (nSPS) is 30.4. The molecule has 2 atom stereocenters. The maximum atomic E-state index is 12.4. The van der Waals surface area contributed by atoms with E-state index in [1.54, 1.807) is 0 Å². The quantitative estimate of drug-likeness (QED) is 0.835. The van der Waals surface area contributed by atoms with E-state index in [1.165, 1.54) is 25.7 Å². The first-order valence-electron chi connectivity index (χ1n) is 9.00. The molecule has 0 bridgehead atoms. The fourth-order valence-corrected chi connectivity index (χ4v) is 4.38. The van der Waals surface area contributed by atoms with E-state index in [2.05, 4.69) is 17.1 Å². The average molecular weight is 307 g/mol. The molecule has 5 nitrogen and oxygen atoms in total. The lowest BCUT2D eigenvalue weighted by atomic mass is 10.1. The standard InChI is InChI=1S/C17H29N3O2/c1-2-19-9-5-8-15(19)11-18-17(22)13-10-16(21)20(12-13)14-6-3-4-7-14/h13-15H,2-12H2,1H3,(H,18,22)/t13-,15+/m1/s1. The van der Waals surface area contributed by atoms with Crippen LogP contribution in [-0.4, -0.2) is 59.9 Å². The highest BCUT2D eigenvalue weighted by Gasteiger charge is 2.38. The van der Waals surface area contributed by atoms with Gasteiger partial charge in [0.05, 0.1) is 5.92 Å². The molecule has 1 saturated carbocycles. The first kappa shape index (κ1) is 15.8. The molecule has 2 amide bonds. The maximum Gasteiger partial charge on any atom is 0.225 e. The van der Waals surface area contributed by atoms with Gasteiger partial charge in [-0.1, -0.05) is 19.8 Å². The molecule has 124 valence electrons. The van der Waals surface area contributed by atoms with E-state index in [1.807, 2.05) is 4.90 Å². The molecule has 3 fully saturated rings. The Hall–Kier alpha value is -1.10. The van der Waals surface area contributed by atoms with E-state index < -0.39 is 0 Å². The topological polar surface area (TPSA) is 52.7 Å². The summed E-state index contributed by atoms with van der Waals surface area (Å²) in [6, 6.07) is 0.882. The fraction of sp³-hybridized carbons (Fsp3) is 0.882. The largest absolute Gasteiger partial charge is 0.354 e. The van der Waals surface area contributed by atoms with Crippen molar-refractivity contribution >= 4 is 11.8 Å². The van der Waals surface area contributed by atoms with Gasteiger partial charge in [-0.15, -0.1) is 0 Å². The zero-order valence-electron chi connectivity index (χ0n) is 13.7. The van der Waals surface area contributed by atoms with Crippen LogP contribution in [0.25, 0.3) is 0 Å². The third kappa shape index (κ3) is 3.29. The van der Waals surface area contributed by atoms with Gasteiger partial charge in [0.1, 0.15) is 0 Å². The second-order valence-corrected chi connectivity index (χ2v) is 7.06. The lowest BCUT2D eigenvalue weighted by Crippen LogP contribution is -2.42. The molecule has 0 aromatic carbocycles. The van der Waals surface area contributed by atoms with Crippen LogP contribution in [0.15, 0.2) is 0 Å². The van der Waals surface area contributed by atoms with Gasteiger partial charge in [0.25, 0.3) is 0 Å². The van der Waals surface area contributed by atoms with Gasteiger partial charge in [-0.3, -0.25) is 14.5 Å². The minimum absolute atomic E-state index is 0.0804. The summed E-state index contributed by atoms with van der Waals surface area (Å²) in [5, 5.41) is 3.10. The summed E-state index contributed by atoms with van der Waals surface area (Å²) in [4.78, 5) is 29.0. The molecule has 1 N–H and O–H groups in total. The van der Waals surface area contributed by atoms with E-state index in [-0.39, 0.29) is 17.7 Å². The van der Waals surface area contributed by atoms with Crippen molar-refractivity contribution in [3.05, 3.63) is 0 Å². The van der Waals surface area contributed by atoms with E-state index in [9.17, 15) is 9.59 Å². The highest BCUT2D eigenvalue weighted by atomic mass is 16.2. The van der Waals surface area contributed by atoms with Gasteiger partial charge < -0.3 is 10.2 Å². The van der Waals surface area contributed by atoms with Crippen molar-refractivity contribution in [2.45, 2.75) is 64.0 Å². The number of carbonyl (C=O) groups is 2. The Balaban J connectivity index is 1.47. The SMILES string of the molecule is CCN1CCC[C@H]1CNC(=O)[C@@H]1CC(=O)N(C2CCCC2)C1. The minimum atomic E-state index is -0.135. The molecule has 3 rings (SSSR count). The Kier molecular flexibility index (Phi) is 5.01. The number of nitrogens with one attached hydrogen (secondary N) is 1. The third-order valence-electron chi connectivity index (χ3n) is 5.71. The highest BCUT2D eigenvalue weighted by Crippen LogP contribution is 2.29. The van der Waals surface area contributed by atoms with Crippen molar-refractivity contribution in [1.29, 1.82) is 0 Å². The summed E-state index contributed by atoms with van der Waals surface area (Å²) in [5.74, 6) is 0.129. The molecule has 2 heterocycles. The van der Waals surface area contributed by atoms with Crippen LogP contribution in [0.4, 0.5) is 0 Å².